The molecule has 0 amide bonds. The van der Waals surface area contributed by atoms with Crippen LogP contribution < -0.4 is 11.1 Å². The van der Waals surface area contributed by atoms with Crippen LogP contribution in [0.3, 0.4) is 0 Å². The fraction of sp³-hybridized carbons (Fsp3) is 0.682. The van der Waals surface area contributed by atoms with Crippen LogP contribution in [0.15, 0.2) is 41.1 Å². The molecule has 0 spiro atoms. The molecule has 2 rings (SSSR count). The second kappa shape index (κ2) is 11.0. The summed E-state index contributed by atoms with van der Waals surface area (Å²) in [6.07, 6.45) is 13.9. The largest absolute Gasteiger partial charge is 0.379 e. The normalized spacial score (nSPS) is 21.5. The molecule has 1 aliphatic carbocycles. The highest BCUT2D eigenvalue weighted by molar-refractivity contribution is 8.14. The molecule has 0 aromatic rings. The highest BCUT2D eigenvalue weighted by atomic mass is 32.2. The minimum absolute atomic E-state index is 0.147. The Morgan fingerprint density at radius 2 is 2.19 bits per heavy atom. The summed E-state index contributed by atoms with van der Waals surface area (Å²) in [7, 11) is 0. The number of hydrogen-bond acceptors (Lipinski definition) is 4. The molecule has 2 aliphatic rings. The van der Waals surface area contributed by atoms with Gasteiger partial charge in [0.15, 0.2) is 0 Å². The van der Waals surface area contributed by atoms with Crippen molar-refractivity contribution in [2.45, 2.75) is 71.4 Å². The van der Waals surface area contributed by atoms with Crippen LogP contribution in [0.1, 0.15) is 59.3 Å². The summed E-state index contributed by atoms with van der Waals surface area (Å²) in [5.41, 5.74) is 9.02. The number of nitrogens with one attached hydrogen (secondary N) is 1. The Hall–Kier alpha value is -1.00. The summed E-state index contributed by atoms with van der Waals surface area (Å²) in [6.45, 7) is 12.0. The molecule has 0 aromatic heterocycles. The van der Waals surface area contributed by atoms with Gasteiger partial charge < -0.3 is 11.1 Å². The van der Waals surface area contributed by atoms with Crippen molar-refractivity contribution >= 4 is 16.8 Å². The molecule has 1 heterocycles. The van der Waals surface area contributed by atoms with E-state index in [4.69, 9.17) is 10.7 Å². The van der Waals surface area contributed by atoms with E-state index in [1.54, 1.807) is 0 Å². The number of rotatable bonds is 11. The number of aliphatic imine (C=N–C) groups is 1. The third kappa shape index (κ3) is 6.31. The van der Waals surface area contributed by atoms with Gasteiger partial charge in [-0.05, 0) is 37.2 Å². The Balaban J connectivity index is 1.98. The molecule has 0 saturated carbocycles. The summed E-state index contributed by atoms with van der Waals surface area (Å²) < 4.78 is 0. The molecule has 0 radical (unpaired) electrons. The van der Waals surface area contributed by atoms with E-state index in [1.165, 1.54) is 29.9 Å². The monoisotopic (exact) mass is 375 g/mol. The van der Waals surface area contributed by atoms with Gasteiger partial charge in [-0.15, -0.1) is 11.8 Å². The summed E-state index contributed by atoms with van der Waals surface area (Å²) in [5, 5.41) is 4.92. The maximum atomic E-state index is 6.56. The minimum Gasteiger partial charge on any atom is -0.379 e. The lowest BCUT2D eigenvalue weighted by Crippen LogP contribution is -2.42. The lowest BCUT2D eigenvalue weighted by Gasteiger charge is -2.31. The van der Waals surface area contributed by atoms with E-state index < -0.39 is 0 Å². The van der Waals surface area contributed by atoms with Crippen molar-refractivity contribution in [2.75, 3.05) is 12.3 Å². The average Bonchev–Trinajstić information content (AvgIpc) is 3.19. The average molecular weight is 376 g/mol. The Bertz CT molecular complexity index is 550. The smallest absolute Gasteiger partial charge is 0.0903 e. The van der Waals surface area contributed by atoms with Crippen LogP contribution in [-0.2, 0) is 0 Å². The number of thioether (sulfide) groups is 1. The predicted octanol–water partition coefficient (Wildman–Crippen LogP) is 5.06. The van der Waals surface area contributed by atoms with Gasteiger partial charge in [0, 0.05) is 30.0 Å². The van der Waals surface area contributed by atoms with Gasteiger partial charge in [0.2, 0.25) is 0 Å². The van der Waals surface area contributed by atoms with Crippen molar-refractivity contribution in [1.29, 1.82) is 0 Å². The summed E-state index contributed by atoms with van der Waals surface area (Å²) in [5.74, 6) is 1.87. The van der Waals surface area contributed by atoms with Crippen LogP contribution >= 0.6 is 11.8 Å². The summed E-state index contributed by atoms with van der Waals surface area (Å²) in [6, 6.07) is 0.374. The Labute approximate surface area is 164 Å². The zero-order valence-electron chi connectivity index (χ0n) is 16.8. The Morgan fingerprint density at radius 3 is 2.81 bits per heavy atom. The van der Waals surface area contributed by atoms with Gasteiger partial charge in [0.05, 0.1) is 11.1 Å². The molecule has 0 aromatic carbocycles. The molecule has 146 valence electrons. The van der Waals surface area contributed by atoms with Gasteiger partial charge in [-0.1, -0.05) is 58.4 Å². The zero-order chi connectivity index (χ0) is 18.9. The lowest BCUT2D eigenvalue weighted by atomic mass is 9.86. The fourth-order valence-electron chi connectivity index (χ4n) is 3.62. The number of allylic oxidation sites excluding steroid dienone is 3. The maximum absolute atomic E-state index is 6.56. The van der Waals surface area contributed by atoms with Gasteiger partial charge in [-0.3, -0.25) is 4.99 Å². The number of nitrogens with two attached hydrogens (primary N) is 1. The predicted molar refractivity (Wildman–Crippen MR) is 118 cm³/mol. The highest BCUT2D eigenvalue weighted by Gasteiger charge is 2.26. The first-order chi connectivity index (χ1) is 12.5. The number of unbranched alkanes of at least 4 members (excludes halogenated alkanes) is 1. The summed E-state index contributed by atoms with van der Waals surface area (Å²) >= 11 is 1.88. The molecule has 3 N–H and O–H groups in total. The van der Waals surface area contributed by atoms with E-state index in [0.717, 1.165) is 37.3 Å². The quantitative estimate of drug-likeness (QED) is 0.531. The molecular formula is C22H37N3S. The van der Waals surface area contributed by atoms with E-state index in [2.05, 4.69) is 50.9 Å². The van der Waals surface area contributed by atoms with Gasteiger partial charge in [-0.25, -0.2) is 0 Å². The molecule has 26 heavy (non-hydrogen) atoms. The lowest BCUT2D eigenvalue weighted by molar-refractivity contribution is 0.340. The molecule has 0 saturated heterocycles. The molecule has 0 bridgehead atoms. The van der Waals surface area contributed by atoms with Crippen molar-refractivity contribution in [3.63, 3.8) is 0 Å². The molecule has 3 nitrogen and oxygen atoms in total. The second-order valence-corrected chi connectivity index (χ2v) is 8.85. The van der Waals surface area contributed by atoms with Crippen molar-refractivity contribution < 1.29 is 0 Å². The topological polar surface area (TPSA) is 50.4 Å². The number of nitrogens with zero attached hydrogens (tertiary/aromatic N) is 1. The highest BCUT2D eigenvalue weighted by Crippen LogP contribution is 2.25. The van der Waals surface area contributed by atoms with Crippen molar-refractivity contribution in [3.05, 3.63) is 36.1 Å². The van der Waals surface area contributed by atoms with E-state index in [-0.39, 0.29) is 18.0 Å². The van der Waals surface area contributed by atoms with E-state index in [0.29, 0.717) is 5.92 Å². The SMILES string of the molecule is C=C(N[C@@H](CC1=CCCC=C1)C1=NCCS1)[C@@H](C)[C@@H](N)C(C)CCCC. The standard InChI is InChI=1S/C22H37N3S/c1-5-6-10-16(2)21(23)17(3)18(4)25-20(22-24-13-14-26-22)15-19-11-8-7-9-12-19/h8,11-12,16-17,20-21,25H,4-7,9-10,13-15,23H2,1-3H3/t16?,17-,20+,21+/m1/s1. The third-order valence-electron chi connectivity index (χ3n) is 5.58. The Kier molecular flexibility index (Phi) is 9.00. The molecule has 1 aliphatic heterocycles. The first-order valence-corrected chi connectivity index (χ1v) is 11.2. The first kappa shape index (κ1) is 21.3. The van der Waals surface area contributed by atoms with Crippen LogP contribution in [0.25, 0.3) is 0 Å². The van der Waals surface area contributed by atoms with Crippen LogP contribution in [-0.4, -0.2) is 29.4 Å². The van der Waals surface area contributed by atoms with Crippen molar-refractivity contribution in [3.8, 4) is 0 Å². The zero-order valence-corrected chi connectivity index (χ0v) is 17.7. The van der Waals surface area contributed by atoms with E-state index >= 15 is 0 Å². The van der Waals surface area contributed by atoms with Gasteiger partial charge in [0.25, 0.3) is 0 Å². The molecule has 4 atom stereocenters. The van der Waals surface area contributed by atoms with Crippen molar-refractivity contribution in [2.24, 2.45) is 22.6 Å². The van der Waals surface area contributed by atoms with E-state index in [9.17, 15) is 0 Å². The number of hydrogen-bond donors (Lipinski definition) is 2. The summed E-state index contributed by atoms with van der Waals surface area (Å²) in [4.78, 5) is 4.73. The Morgan fingerprint density at radius 1 is 1.38 bits per heavy atom. The molecule has 4 heteroatoms. The van der Waals surface area contributed by atoms with Gasteiger partial charge >= 0.3 is 0 Å². The maximum Gasteiger partial charge on any atom is 0.0903 e. The van der Waals surface area contributed by atoms with Gasteiger partial charge in [-0.2, -0.15) is 0 Å². The molecular weight excluding hydrogens is 338 g/mol. The third-order valence-corrected chi connectivity index (χ3v) is 6.67. The first-order valence-electron chi connectivity index (χ1n) is 10.3. The fourth-order valence-corrected chi connectivity index (χ4v) is 4.53. The second-order valence-electron chi connectivity index (χ2n) is 7.74. The van der Waals surface area contributed by atoms with Crippen LogP contribution in [0.5, 0.6) is 0 Å². The van der Waals surface area contributed by atoms with Crippen molar-refractivity contribution in [1.82, 2.24) is 5.32 Å². The molecule has 1 unspecified atom stereocenters. The van der Waals surface area contributed by atoms with Crippen LogP contribution in [0.2, 0.25) is 0 Å². The van der Waals surface area contributed by atoms with E-state index in [1.807, 2.05) is 11.8 Å². The minimum atomic E-state index is 0.147. The molecule has 0 fully saturated rings. The van der Waals surface area contributed by atoms with Crippen LogP contribution in [0.4, 0.5) is 0 Å². The van der Waals surface area contributed by atoms with Crippen LogP contribution in [0, 0.1) is 11.8 Å². The van der Waals surface area contributed by atoms with Gasteiger partial charge in [0.1, 0.15) is 0 Å².